The van der Waals surface area contributed by atoms with Gasteiger partial charge in [0.15, 0.2) is 0 Å². The minimum atomic E-state index is 0.684. The number of tetrazole rings is 1. The second kappa shape index (κ2) is 5.71. The van der Waals surface area contributed by atoms with Gasteiger partial charge in [-0.05, 0) is 70.7 Å². The van der Waals surface area contributed by atoms with Crippen LogP contribution in [0.15, 0.2) is 46.2 Å². The molecule has 0 spiro atoms. The van der Waals surface area contributed by atoms with E-state index in [1.54, 1.807) is 22.3 Å². The highest BCUT2D eigenvalue weighted by molar-refractivity contribution is 7.99. The molecule has 0 saturated carbocycles. The molecule has 0 aliphatic heterocycles. The third-order valence-corrected chi connectivity index (χ3v) is 5.27. The van der Waals surface area contributed by atoms with Gasteiger partial charge >= 0.3 is 0 Å². The number of nitrogens with zero attached hydrogens (tertiary/aromatic N) is 6. The van der Waals surface area contributed by atoms with Gasteiger partial charge in [-0.3, -0.25) is 0 Å². The minimum Gasteiger partial charge on any atom is -0.235 e. The number of aromatic nitrogens is 6. The van der Waals surface area contributed by atoms with E-state index >= 15 is 0 Å². The second-order valence-electron chi connectivity index (χ2n) is 5.14. The lowest BCUT2D eigenvalue weighted by Gasteiger charge is -2.06. The summed E-state index contributed by atoms with van der Waals surface area (Å²) in [5.41, 5.74) is 4.24. The van der Waals surface area contributed by atoms with Crippen molar-refractivity contribution in [2.24, 2.45) is 0 Å². The SMILES string of the molecule is Cc1cc(C)cc(-n2nnnc2Sc2ncnc3ccsc23)c1. The lowest BCUT2D eigenvalue weighted by Crippen LogP contribution is -2.00. The van der Waals surface area contributed by atoms with Gasteiger partial charge in [-0.15, -0.1) is 16.4 Å². The van der Waals surface area contributed by atoms with Gasteiger partial charge < -0.3 is 0 Å². The topological polar surface area (TPSA) is 69.4 Å². The van der Waals surface area contributed by atoms with E-state index in [2.05, 4.69) is 57.5 Å². The normalized spacial score (nSPS) is 11.2. The van der Waals surface area contributed by atoms with E-state index in [0.29, 0.717) is 5.16 Å². The van der Waals surface area contributed by atoms with Gasteiger partial charge in [0.25, 0.3) is 0 Å². The predicted octanol–water partition coefficient (Wildman–Crippen LogP) is 3.44. The van der Waals surface area contributed by atoms with E-state index in [4.69, 9.17) is 0 Å². The zero-order valence-corrected chi connectivity index (χ0v) is 14.1. The van der Waals surface area contributed by atoms with Gasteiger partial charge in [0.05, 0.1) is 15.9 Å². The molecule has 6 nitrogen and oxygen atoms in total. The van der Waals surface area contributed by atoms with Crippen LogP contribution in [0.3, 0.4) is 0 Å². The Kier molecular flexibility index (Phi) is 3.55. The van der Waals surface area contributed by atoms with E-state index in [-0.39, 0.29) is 0 Å². The molecule has 23 heavy (non-hydrogen) atoms. The highest BCUT2D eigenvalue weighted by Gasteiger charge is 2.14. The van der Waals surface area contributed by atoms with Crippen LogP contribution in [0, 0.1) is 13.8 Å². The van der Waals surface area contributed by atoms with Crippen LogP contribution in [0.2, 0.25) is 0 Å². The standard InChI is InChI=1S/C15H12N6S2/c1-9-5-10(2)7-11(6-9)21-15(18-19-20-21)23-14-13-12(3-4-22-13)16-8-17-14/h3-8H,1-2H3. The summed E-state index contributed by atoms with van der Waals surface area (Å²) in [6.45, 7) is 4.13. The average Bonchev–Trinajstić information content (AvgIpc) is 3.15. The predicted molar refractivity (Wildman–Crippen MR) is 90.2 cm³/mol. The fraction of sp³-hybridized carbons (Fsp3) is 0.133. The molecule has 0 aliphatic rings. The fourth-order valence-corrected chi connectivity index (χ4v) is 4.18. The number of hydrogen-bond acceptors (Lipinski definition) is 7. The Balaban J connectivity index is 1.77. The van der Waals surface area contributed by atoms with Gasteiger partial charge in [-0.2, -0.15) is 4.68 Å². The molecule has 0 amide bonds. The zero-order valence-electron chi connectivity index (χ0n) is 12.5. The summed E-state index contributed by atoms with van der Waals surface area (Å²) in [6.07, 6.45) is 1.57. The van der Waals surface area contributed by atoms with Crippen LogP contribution in [0.4, 0.5) is 0 Å². The Labute approximate surface area is 140 Å². The maximum Gasteiger partial charge on any atom is 0.220 e. The lowest BCUT2D eigenvalue weighted by molar-refractivity contribution is 0.754. The van der Waals surface area contributed by atoms with Gasteiger partial charge in [0.1, 0.15) is 11.4 Å². The number of aryl methyl sites for hydroxylation is 2. The summed E-state index contributed by atoms with van der Waals surface area (Å²) in [7, 11) is 0. The molecular weight excluding hydrogens is 328 g/mol. The molecule has 4 aromatic rings. The number of benzene rings is 1. The highest BCUT2D eigenvalue weighted by atomic mass is 32.2. The van der Waals surface area contributed by atoms with Crippen LogP contribution in [-0.2, 0) is 0 Å². The smallest absolute Gasteiger partial charge is 0.220 e. The summed E-state index contributed by atoms with van der Waals surface area (Å²) < 4.78 is 2.79. The fourth-order valence-electron chi connectivity index (χ4n) is 2.40. The molecule has 0 bridgehead atoms. The average molecular weight is 340 g/mol. The van der Waals surface area contributed by atoms with E-state index in [1.165, 1.54) is 22.9 Å². The molecule has 0 unspecified atom stereocenters. The number of thiophene rings is 1. The van der Waals surface area contributed by atoms with E-state index in [1.807, 2.05) is 11.4 Å². The Morgan fingerprint density at radius 2 is 1.91 bits per heavy atom. The van der Waals surface area contributed by atoms with Crippen molar-refractivity contribution in [3.05, 3.63) is 47.1 Å². The molecule has 0 saturated heterocycles. The molecule has 4 rings (SSSR count). The first kappa shape index (κ1) is 14.3. The second-order valence-corrected chi connectivity index (χ2v) is 7.01. The molecule has 114 valence electrons. The largest absolute Gasteiger partial charge is 0.235 e. The van der Waals surface area contributed by atoms with Crippen molar-refractivity contribution < 1.29 is 0 Å². The van der Waals surface area contributed by atoms with Crippen molar-refractivity contribution in [1.29, 1.82) is 0 Å². The van der Waals surface area contributed by atoms with Crippen LogP contribution in [0.25, 0.3) is 15.9 Å². The molecule has 0 atom stereocenters. The Hall–Kier alpha value is -2.32. The highest BCUT2D eigenvalue weighted by Crippen LogP contribution is 2.33. The molecule has 1 aromatic carbocycles. The van der Waals surface area contributed by atoms with E-state index < -0.39 is 0 Å². The Morgan fingerprint density at radius 1 is 1.09 bits per heavy atom. The van der Waals surface area contributed by atoms with Crippen molar-refractivity contribution >= 4 is 33.3 Å². The Bertz CT molecular complexity index is 970. The van der Waals surface area contributed by atoms with Crippen molar-refractivity contribution in [3.8, 4) is 5.69 Å². The first-order valence-corrected chi connectivity index (χ1v) is 8.63. The monoisotopic (exact) mass is 340 g/mol. The van der Waals surface area contributed by atoms with Gasteiger partial charge in [0.2, 0.25) is 5.16 Å². The summed E-state index contributed by atoms with van der Waals surface area (Å²) >= 11 is 3.07. The third-order valence-electron chi connectivity index (χ3n) is 3.29. The number of rotatable bonds is 3. The maximum atomic E-state index is 4.38. The van der Waals surface area contributed by atoms with Crippen molar-refractivity contribution in [2.75, 3.05) is 0 Å². The van der Waals surface area contributed by atoms with Crippen molar-refractivity contribution in [1.82, 2.24) is 30.2 Å². The molecule has 0 fully saturated rings. The Morgan fingerprint density at radius 3 is 2.74 bits per heavy atom. The molecule has 3 heterocycles. The molecule has 0 N–H and O–H groups in total. The van der Waals surface area contributed by atoms with E-state index in [0.717, 1.165) is 20.9 Å². The molecule has 0 radical (unpaired) electrons. The summed E-state index contributed by atoms with van der Waals surface area (Å²) in [5, 5.41) is 15.7. The number of hydrogen-bond donors (Lipinski definition) is 0. The van der Waals surface area contributed by atoms with Gasteiger partial charge in [-0.25, -0.2) is 9.97 Å². The maximum absolute atomic E-state index is 4.38. The van der Waals surface area contributed by atoms with Crippen LogP contribution in [-0.4, -0.2) is 30.2 Å². The van der Waals surface area contributed by atoms with E-state index in [9.17, 15) is 0 Å². The van der Waals surface area contributed by atoms with Crippen molar-refractivity contribution in [3.63, 3.8) is 0 Å². The zero-order chi connectivity index (χ0) is 15.8. The van der Waals surface area contributed by atoms with Crippen molar-refractivity contribution in [2.45, 2.75) is 24.0 Å². The molecule has 3 aromatic heterocycles. The van der Waals surface area contributed by atoms with Crippen LogP contribution in [0.5, 0.6) is 0 Å². The van der Waals surface area contributed by atoms with Gasteiger partial charge in [0, 0.05) is 0 Å². The van der Waals surface area contributed by atoms with Gasteiger partial charge in [-0.1, -0.05) is 6.07 Å². The van der Waals surface area contributed by atoms with Crippen LogP contribution >= 0.6 is 23.1 Å². The quantitative estimate of drug-likeness (QED) is 0.532. The lowest BCUT2D eigenvalue weighted by atomic mass is 10.1. The first-order valence-electron chi connectivity index (χ1n) is 6.94. The summed E-state index contributed by atoms with van der Waals surface area (Å²) in [6, 6.07) is 8.24. The first-order chi connectivity index (χ1) is 11.2. The molecular formula is C15H12N6S2. The molecule has 8 heteroatoms. The number of fused-ring (bicyclic) bond motifs is 1. The van der Waals surface area contributed by atoms with Crippen LogP contribution < -0.4 is 0 Å². The molecule has 0 aliphatic carbocycles. The summed E-state index contributed by atoms with van der Waals surface area (Å²) in [4.78, 5) is 8.64. The van der Waals surface area contributed by atoms with Crippen LogP contribution in [0.1, 0.15) is 11.1 Å². The minimum absolute atomic E-state index is 0.684. The third kappa shape index (κ3) is 2.71. The summed E-state index contributed by atoms with van der Waals surface area (Å²) in [5.74, 6) is 0.